The van der Waals surface area contributed by atoms with E-state index < -0.39 is 0 Å². The van der Waals surface area contributed by atoms with Crippen molar-refractivity contribution in [3.05, 3.63) is 24.4 Å². The maximum Gasteiger partial charge on any atom is 0.0881 e. The highest BCUT2D eigenvalue weighted by Crippen LogP contribution is 2.23. The highest BCUT2D eigenvalue weighted by Gasteiger charge is 2.21. The molecule has 1 aliphatic rings. The van der Waals surface area contributed by atoms with Crippen molar-refractivity contribution >= 4 is 16.6 Å². The Morgan fingerprint density at radius 3 is 3.24 bits per heavy atom. The zero-order chi connectivity index (χ0) is 11.7. The van der Waals surface area contributed by atoms with Gasteiger partial charge in [0.2, 0.25) is 0 Å². The van der Waals surface area contributed by atoms with Crippen molar-refractivity contribution in [2.45, 2.75) is 32.0 Å². The van der Waals surface area contributed by atoms with Gasteiger partial charge in [0, 0.05) is 11.9 Å². The molecule has 4 heteroatoms. The van der Waals surface area contributed by atoms with E-state index in [1.807, 2.05) is 12.3 Å². The molecule has 2 atom stereocenters. The Labute approximate surface area is 100 Å². The minimum absolute atomic E-state index is 0.336. The van der Waals surface area contributed by atoms with Crippen molar-refractivity contribution in [2.24, 2.45) is 0 Å². The zero-order valence-electron chi connectivity index (χ0n) is 9.94. The van der Waals surface area contributed by atoms with Crippen LogP contribution in [0.15, 0.2) is 24.4 Å². The number of aromatic amines is 1. The average Bonchev–Trinajstić information content (AvgIpc) is 2.94. The summed E-state index contributed by atoms with van der Waals surface area (Å²) in [6, 6.07) is 6.16. The van der Waals surface area contributed by atoms with Gasteiger partial charge in [-0.2, -0.15) is 5.10 Å². The van der Waals surface area contributed by atoms with Gasteiger partial charge in [-0.1, -0.05) is 12.1 Å². The van der Waals surface area contributed by atoms with Gasteiger partial charge >= 0.3 is 0 Å². The summed E-state index contributed by atoms with van der Waals surface area (Å²) < 4.78 is 5.79. The second-order valence-corrected chi connectivity index (χ2v) is 4.67. The number of fused-ring (bicyclic) bond motifs is 1. The van der Waals surface area contributed by atoms with E-state index in [1.54, 1.807) is 0 Å². The molecule has 1 saturated heterocycles. The van der Waals surface area contributed by atoms with Gasteiger partial charge in [-0.25, -0.2) is 0 Å². The van der Waals surface area contributed by atoms with Crippen molar-refractivity contribution in [3.63, 3.8) is 0 Å². The van der Waals surface area contributed by atoms with Gasteiger partial charge in [0.05, 0.1) is 29.6 Å². The number of hydrogen-bond donors (Lipinski definition) is 2. The molecular formula is C13H17N3O. The van der Waals surface area contributed by atoms with Crippen molar-refractivity contribution in [3.8, 4) is 0 Å². The number of H-pyrrole nitrogens is 1. The first kappa shape index (κ1) is 10.6. The van der Waals surface area contributed by atoms with E-state index >= 15 is 0 Å². The standard InChI is InChI=1S/C13H17N3O/c1-9-5-6-11(17-9)8-14-12-4-2-3-10-7-15-16-13(10)12/h2-4,7,9,11,14H,5-6,8H2,1H3,(H,15,16). The van der Waals surface area contributed by atoms with Crippen LogP contribution >= 0.6 is 0 Å². The minimum Gasteiger partial charge on any atom is -0.381 e. The van der Waals surface area contributed by atoms with E-state index in [0.717, 1.165) is 29.6 Å². The lowest BCUT2D eigenvalue weighted by atomic mass is 10.2. The molecule has 2 unspecified atom stereocenters. The first-order valence-electron chi connectivity index (χ1n) is 6.14. The number of rotatable bonds is 3. The molecular weight excluding hydrogens is 214 g/mol. The Morgan fingerprint density at radius 2 is 2.41 bits per heavy atom. The van der Waals surface area contributed by atoms with Gasteiger partial charge < -0.3 is 10.1 Å². The highest BCUT2D eigenvalue weighted by atomic mass is 16.5. The molecule has 1 aromatic carbocycles. The molecule has 0 radical (unpaired) electrons. The number of para-hydroxylation sites is 1. The Morgan fingerprint density at radius 1 is 1.47 bits per heavy atom. The first-order chi connectivity index (χ1) is 8.33. The SMILES string of the molecule is CC1CCC(CNc2cccc3cn[nH]c23)O1. The van der Waals surface area contributed by atoms with Crippen molar-refractivity contribution in [1.82, 2.24) is 10.2 Å². The van der Waals surface area contributed by atoms with Crippen LogP contribution in [0, 0.1) is 0 Å². The number of ether oxygens (including phenoxy) is 1. The number of hydrogen-bond acceptors (Lipinski definition) is 3. The number of benzene rings is 1. The summed E-state index contributed by atoms with van der Waals surface area (Å²) in [6.45, 7) is 3.00. The van der Waals surface area contributed by atoms with Gasteiger partial charge in [0.15, 0.2) is 0 Å². The highest BCUT2D eigenvalue weighted by molar-refractivity contribution is 5.89. The van der Waals surface area contributed by atoms with E-state index in [4.69, 9.17) is 4.74 Å². The smallest absolute Gasteiger partial charge is 0.0881 e. The van der Waals surface area contributed by atoms with Gasteiger partial charge in [-0.15, -0.1) is 0 Å². The molecule has 1 aliphatic heterocycles. The second kappa shape index (κ2) is 4.37. The maximum absolute atomic E-state index is 5.79. The predicted molar refractivity (Wildman–Crippen MR) is 68.2 cm³/mol. The van der Waals surface area contributed by atoms with Crippen molar-refractivity contribution in [2.75, 3.05) is 11.9 Å². The van der Waals surface area contributed by atoms with E-state index in [9.17, 15) is 0 Å². The Bertz CT molecular complexity index is 508. The normalized spacial score (nSPS) is 24.3. The lowest BCUT2D eigenvalue weighted by molar-refractivity contribution is 0.0637. The molecule has 1 aromatic heterocycles. The topological polar surface area (TPSA) is 49.9 Å². The van der Waals surface area contributed by atoms with Crippen molar-refractivity contribution < 1.29 is 4.74 Å². The predicted octanol–water partition coefficient (Wildman–Crippen LogP) is 2.54. The molecule has 0 amide bonds. The molecule has 0 aliphatic carbocycles. The lowest BCUT2D eigenvalue weighted by Crippen LogP contribution is -2.19. The van der Waals surface area contributed by atoms with E-state index in [-0.39, 0.29) is 0 Å². The van der Waals surface area contributed by atoms with Gasteiger partial charge in [0.25, 0.3) is 0 Å². The molecule has 1 fully saturated rings. The van der Waals surface area contributed by atoms with Crippen LogP contribution in [0.5, 0.6) is 0 Å². The fourth-order valence-corrected chi connectivity index (χ4v) is 2.38. The summed E-state index contributed by atoms with van der Waals surface area (Å²) >= 11 is 0. The first-order valence-corrected chi connectivity index (χ1v) is 6.14. The molecule has 2 heterocycles. The van der Waals surface area contributed by atoms with E-state index in [2.05, 4.69) is 34.6 Å². The number of aromatic nitrogens is 2. The molecule has 0 saturated carbocycles. The van der Waals surface area contributed by atoms with Crippen LogP contribution in [0.25, 0.3) is 10.9 Å². The quantitative estimate of drug-likeness (QED) is 0.853. The fraction of sp³-hybridized carbons (Fsp3) is 0.462. The fourth-order valence-electron chi connectivity index (χ4n) is 2.38. The lowest BCUT2D eigenvalue weighted by Gasteiger charge is -2.13. The number of nitrogens with one attached hydrogen (secondary N) is 2. The van der Waals surface area contributed by atoms with Crippen LogP contribution in [-0.4, -0.2) is 29.0 Å². The summed E-state index contributed by atoms with van der Waals surface area (Å²) in [5.74, 6) is 0. The molecule has 0 bridgehead atoms. The maximum atomic E-state index is 5.79. The molecule has 2 N–H and O–H groups in total. The summed E-state index contributed by atoms with van der Waals surface area (Å²) in [7, 11) is 0. The third-order valence-electron chi connectivity index (χ3n) is 3.32. The minimum atomic E-state index is 0.336. The molecule has 4 nitrogen and oxygen atoms in total. The molecule has 17 heavy (non-hydrogen) atoms. The third-order valence-corrected chi connectivity index (χ3v) is 3.32. The Hall–Kier alpha value is -1.55. The van der Waals surface area contributed by atoms with Crippen LogP contribution in [0.1, 0.15) is 19.8 Å². The molecule has 2 aromatic rings. The van der Waals surface area contributed by atoms with E-state index in [0.29, 0.717) is 12.2 Å². The average molecular weight is 231 g/mol. The van der Waals surface area contributed by atoms with E-state index in [1.165, 1.54) is 6.42 Å². The van der Waals surface area contributed by atoms with Crippen LogP contribution in [0.3, 0.4) is 0 Å². The van der Waals surface area contributed by atoms with Crippen LogP contribution in [-0.2, 0) is 4.74 Å². The van der Waals surface area contributed by atoms with Gasteiger partial charge in [-0.3, -0.25) is 5.10 Å². The zero-order valence-corrected chi connectivity index (χ0v) is 9.94. The Kier molecular flexibility index (Phi) is 2.73. The third kappa shape index (κ3) is 2.13. The number of nitrogens with zero attached hydrogens (tertiary/aromatic N) is 1. The Balaban J connectivity index is 1.70. The summed E-state index contributed by atoms with van der Waals surface area (Å²) in [5.41, 5.74) is 2.17. The van der Waals surface area contributed by atoms with Gasteiger partial charge in [0.1, 0.15) is 0 Å². The number of anilines is 1. The largest absolute Gasteiger partial charge is 0.381 e. The summed E-state index contributed by atoms with van der Waals surface area (Å²) in [5, 5.41) is 11.7. The van der Waals surface area contributed by atoms with Crippen LogP contribution in [0.4, 0.5) is 5.69 Å². The van der Waals surface area contributed by atoms with Gasteiger partial charge in [-0.05, 0) is 25.8 Å². The summed E-state index contributed by atoms with van der Waals surface area (Å²) in [6.07, 6.45) is 4.90. The molecule has 3 rings (SSSR count). The molecule has 0 spiro atoms. The second-order valence-electron chi connectivity index (χ2n) is 4.67. The van der Waals surface area contributed by atoms with Crippen molar-refractivity contribution in [1.29, 1.82) is 0 Å². The molecule has 90 valence electrons. The van der Waals surface area contributed by atoms with Crippen LogP contribution < -0.4 is 5.32 Å². The monoisotopic (exact) mass is 231 g/mol. The van der Waals surface area contributed by atoms with Crippen LogP contribution in [0.2, 0.25) is 0 Å². The summed E-state index contributed by atoms with van der Waals surface area (Å²) in [4.78, 5) is 0.